The van der Waals surface area contributed by atoms with Crippen LogP contribution in [0, 0.1) is 52.3 Å². The molecule has 5 rings (SSSR count). The van der Waals surface area contributed by atoms with E-state index in [-0.39, 0.29) is 12.7 Å². The second kappa shape index (κ2) is 10.9. The average Bonchev–Trinajstić information content (AvgIpc) is 3.24. The number of rotatable bonds is 6. The van der Waals surface area contributed by atoms with Gasteiger partial charge in [-0.05, 0) is 104 Å². The standard InChI is InChI=1S/C33H54O5/c1-19(2)20(3)7-8-21(4)25-11-12-26-24-10-9-22-17-23(38-31-30(36)29(35)28(34)18-37-31)13-15-32(22,5)27(24)14-16-33(25,26)6/h7-8,10,19-23,25-31,34-36H,9,11-18H2,1-6H3/b8-7+. The van der Waals surface area contributed by atoms with Crippen LogP contribution in [-0.4, -0.2) is 52.6 Å². The highest BCUT2D eigenvalue weighted by Crippen LogP contribution is 2.67. The second-order valence-electron chi connectivity index (χ2n) is 14.6. The zero-order valence-electron chi connectivity index (χ0n) is 24.7. The molecule has 1 heterocycles. The maximum Gasteiger partial charge on any atom is 0.186 e. The maximum atomic E-state index is 10.4. The smallest absolute Gasteiger partial charge is 0.186 e. The summed E-state index contributed by atoms with van der Waals surface area (Å²) in [5.41, 5.74) is 2.51. The molecule has 0 aromatic rings. The number of hydrogen-bond acceptors (Lipinski definition) is 5. The van der Waals surface area contributed by atoms with Gasteiger partial charge in [0.25, 0.3) is 0 Å². The molecule has 4 aliphatic carbocycles. The van der Waals surface area contributed by atoms with Gasteiger partial charge in [-0.25, -0.2) is 0 Å². The fourth-order valence-corrected chi connectivity index (χ4v) is 9.30. The van der Waals surface area contributed by atoms with Crippen molar-refractivity contribution in [2.45, 2.75) is 124 Å². The van der Waals surface area contributed by atoms with E-state index in [4.69, 9.17) is 9.47 Å². The molecule has 0 aromatic heterocycles. The molecular formula is C33H54O5. The van der Waals surface area contributed by atoms with E-state index in [1.54, 1.807) is 5.57 Å². The second-order valence-corrected chi connectivity index (χ2v) is 14.6. The molecule has 0 bridgehead atoms. The van der Waals surface area contributed by atoms with Crippen LogP contribution in [0.4, 0.5) is 0 Å². The van der Waals surface area contributed by atoms with E-state index in [1.165, 1.54) is 25.7 Å². The number of aliphatic hydroxyl groups is 3. The third-order valence-electron chi connectivity index (χ3n) is 12.3. The van der Waals surface area contributed by atoms with Crippen molar-refractivity contribution < 1.29 is 24.8 Å². The molecule has 0 aromatic carbocycles. The first-order chi connectivity index (χ1) is 18.0. The fraction of sp³-hybridized carbons (Fsp3) is 0.879. The normalized spacial score (nSPS) is 48.8. The first-order valence-electron chi connectivity index (χ1n) is 15.6. The monoisotopic (exact) mass is 530 g/mol. The Morgan fingerprint density at radius 1 is 0.921 bits per heavy atom. The maximum absolute atomic E-state index is 10.4. The zero-order chi connectivity index (χ0) is 27.4. The number of allylic oxidation sites excluding steroid dienone is 4. The Morgan fingerprint density at radius 2 is 1.63 bits per heavy atom. The lowest BCUT2D eigenvalue weighted by Crippen LogP contribution is -2.55. The van der Waals surface area contributed by atoms with E-state index in [1.807, 2.05) is 0 Å². The summed E-state index contributed by atoms with van der Waals surface area (Å²) < 4.78 is 11.8. The average molecular weight is 531 g/mol. The van der Waals surface area contributed by atoms with Crippen molar-refractivity contribution in [2.24, 2.45) is 52.3 Å². The quantitative estimate of drug-likeness (QED) is 0.374. The van der Waals surface area contributed by atoms with Crippen LogP contribution in [0.15, 0.2) is 23.8 Å². The number of fused-ring (bicyclic) bond motifs is 5. The summed E-state index contributed by atoms with van der Waals surface area (Å²) in [7, 11) is 0. The van der Waals surface area contributed by atoms with Gasteiger partial charge in [0.1, 0.15) is 18.3 Å². The molecule has 13 unspecified atom stereocenters. The van der Waals surface area contributed by atoms with E-state index in [9.17, 15) is 15.3 Å². The molecule has 5 heteroatoms. The Balaban J connectivity index is 1.26. The third kappa shape index (κ3) is 4.98. The van der Waals surface area contributed by atoms with Crippen LogP contribution in [0.5, 0.6) is 0 Å². The van der Waals surface area contributed by atoms with Crippen molar-refractivity contribution in [3.8, 4) is 0 Å². The third-order valence-corrected chi connectivity index (χ3v) is 12.3. The van der Waals surface area contributed by atoms with Gasteiger partial charge in [0.15, 0.2) is 6.29 Å². The van der Waals surface area contributed by atoms with Gasteiger partial charge in [0.05, 0.1) is 12.7 Å². The zero-order valence-corrected chi connectivity index (χ0v) is 24.7. The van der Waals surface area contributed by atoms with Crippen LogP contribution in [0.3, 0.4) is 0 Å². The van der Waals surface area contributed by atoms with Crippen LogP contribution in [0.1, 0.15) is 92.9 Å². The van der Waals surface area contributed by atoms with E-state index in [0.717, 1.165) is 37.5 Å². The van der Waals surface area contributed by atoms with E-state index in [2.05, 4.69) is 59.8 Å². The molecule has 38 heavy (non-hydrogen) atoms. The first kappa shape index (κ1) is 28.8. The largest absolute Gasteiger partial charge is 0.388 e. The van der Waals surface area contributed by atoms with Crippen LogP contribution < -0.4 is 0 Å². The lowest BCUT2D eigenvalue weighted by molar-refractivity contribution is -0.288. The molecule has 0 amide bonds. The Morgan fingerprint density at radius 3 is 2.37 bits per heavy atom. The molecule has 13 atom stereocenters. The number of ether oxygens (including phenoxy) is 2. The van der Waals surface area contributed by atoms with E-state index < -0.39 is 24.6 Å². The molecular weight excluding hydrogens is 476 g/mol. The highest BCUT2D eigenvalue weighted by atomic mass is 16.7. The van der Waals surface area contributed by atoms with E-state index in [0.29, 0.717) is 40.4 Å². The summed E-state index contributed by atoms with van der Waals surface area (Å²) in [4.78, 5) is 0. The van der Waals surface area contributed by atoms with Gasteiger partial charge in [-0.1, -0.05) is 65.3 Å². The summed E-state index contributed by atoms with van der Waals surface area (Å²) in [6.45, 7) is 14.6. The van der Waals surface area contributed by atoms with Gasteiger partial charge < -0.3 is 24.8 Å². The van der Waals surface area contributed by atoms with Crippen LogP contribution in [-0.2, 0) is 9.47 Å². The highest BCUT2D eigenvalue weighted by molar-refractivity contribution is 5.28. The summed E-state index contributed by atoms with van der Waals surface area (Å²) in [5.74, 6) is 4.74. The predicted molar refractivity (Wildman–Crippen MR) is 150 cm³/mol. The summed E-state index contributed by atoms with van der Waals surface area (Å²) in [6.07, 6.45) is 12.9. The van der Waals surface area contributed by atoms with Crippen LogP contribution in [0.2, 0.25) is 0 Å². The van der Waals surface area contributed by atoms with Crippen molar-refractivity contribution >= 4 is 0 Å². The number of hydrogen-bond donors (Lipinski definition) is 3. The number of aliphatic hydroxyl groups excluding tert-OH is 3. The van der Waals surface area contributed by atoms with Crippen molar-refractivity contribution in [3.05, 3.63) is 23.8 Å². The molecule has 1 aliphatic heterocycles. The van der Waals surface area contributed by atoms with Crippen LogP contribution >= 0.6 is 0 Å². The van der Waals surface area contributed by atoms with Gasteiger partial charge in [-0.15, -0.1) is 0 Å². The van der Waals surface area contributed by atoms with Gasteiger partial charge >= 0.3 is 0 Å². The fourth-order valence-electron chi connectivity index (χ4n) is 9.30. The molecule has 3 saturated carbocycles. The summed E-state index contributed by atoms with van der Waals surface area (Å²) in [6, 6.07) is 0. The molecule has 216 valence electrons. The van der Waals surface area contributed by atoms with Crippen molar-refractivity contribution in [3.63, 3.8) is 0 Å². The Labute approximate surface area is 231 Å². The Bertz CT molecular complexity index is 898. The SMILES string of the molecule is CC(C)C(C)/C=C/C(C)C1CCC2C3=CCC4CC(OC5OCC(O)C(O)C5O)CCC4(C)C3CCC21C. The topological polar surface area (TPSA) is 79.2 Å². The molecule has 0 radical (unpaired) electrons. The highest BCUT2D eigenvalue weighted by Gasteiger charge is 2.58. The Kier molecular flexibility index (Phi) is 8.28. The van der Waals surface area contributed by atoms with Gasteiger partial charge in [-0.3, -0.25) is 0 Å². The van der Waals surface area contributed by atoms with Crippen molar-refractivity contribution in [2.75, 3.05) is 6.61 Å². The minimum absolute atomic E-state index is 0.00274. The molecule has 3 N–H and O–H groups in total. The molecule has 0 spiro atoms. The molecule has 1 saturated heterocycles. The van der Waals surface area contributed by atoms with Gasteiger partial charge in [0.2, 0.25) is 0 Å². The van der Waals surface area contributed by atoms with Crippen molar-refractivity contribution in [1.29, 1.82) is 0 Å². The lowest BCUT2D eigenvalue weighted by Gasteiger charge is -2.58. The molecule has 5 nitrogen and oxygen atoms in total. The van der Waals surface area contributed by atoms with E-state index >= 15 is 0 Å². The minimum Gasteiger partial charge on any atom is -0.388 e. The summed E-state index contributed by atoms with van der Waals surface area (Å²) in [5, 5.41) is 30.2. The molecule has 4 fully saturated rings. The molecule has 5 aliphatic rings. The summed E-state index contributed by atoms with van der Waals surface area (Å²) >= 11 is 0. The predicted octanol–water partition coefficient (Wildman–Crippen LogP) is 5.87. The van der Waals surface area contributed by atoms with Crippen LogP contribution in [0.25, 0.3) is 0 Å². The first-order valence-corrected chi connectivity index (χ1v) is 15.6. The van der Waals surface area contributed by atoms with Gasteiger partial charge in [-0.2, -0.15) is 0 Å². The van der Waals surface area contributed by atoms with Gasteiger partial charge in [0, 0.05) is 0 Å². The van der Waals surface area contributed by atoms with Crippen molar-refractivity contribution in [1.82, 2.24) is 0 Å². The Hall–Kier alpha value is -0.720. The minimum atomic E-state index is -1.22. The lowest BCUT2D eigenvalue weighted by atomic mass is 9.47.